The second-order valence-electron chi connectivity index (χ2n) is 3.91. The highest BCUT2D eigenvalue weighted by atomic mass is 79.9. The number of halogens is 2. The minimum absolute atomic E-state index is 0.0442. The number of rotatable bonds is 1. The minimum Gasteiger partial charge on any atom is -0.504 e. The summed E-state index contributed by atoms with van der Waals surface area (Å²) in [5, 5.41) is 12.8. The van der Waals surface area contributed by atoms with Gasteiger partial charge < -0.3 is 10.4 Å². The lowest BCUT2D eigenvalue weighted by Crippen LogP contribution is -2.14. The largest absolute Gasteiger partial charge is 0.504 e. The van der Waals surface area contributed by atoms with Gasteiger partial charge in [-0.2, -0.15) is 0 Å². The summed E-state index contributed by atoms with van der Waals surface area (Å²) >= 11 is 3.16. The SMILES string of the molecule is Cc1cc(C2CCCN2)c(F)c(O)c1Br. The van der Waals surface area contributed by atoms with Gasteiger partial charge in [0.25, 0.3) is 0 Å². The first-order valence-corrected chi connectivity index (χ1v) is 5.81. The Kier molecular flexibility index (Phi) is 2.98. The molecule has 1 aromatic carbocycles. The summed E-state index contributed by atoms with van der Waals surface area (Å²) in [6.45, 7) is 2.77. The van der Waals surface area contributed by atoms with Crippen LogP contribution in [-0.2, 0) is 0 Å². The van der Waals surface area contributed by atoms with Gasteiger partial charge in [0.05, 0.1) is 4.47 Å². The van der Waals surface area contributed by atoms with E-state index < -0.39 is 5.82 Å². The fourth-order valence-electron chi connectivity index (χ4n) is 1.98. The number of hydrogen-bond donors (Lipinski definition) is 2. The van der Waals surface area contributed by atoms with Crippen molar-refractivity contribution >= 4 is 15.9 Å². The van der Waals surface area contributed by atoms with Gasteiger partial charge in [0, 0.05) is 11.6 Å². The molecule has 0 amide bonds. The van der Waals surface area contributed by atoms with Crippen LogP contribution in [0.15, 0.2) is 10.5 Å². The van der Waals surface area contributed by atoms with Crippen molar-refractivity contribution < 1.29 is 9.50 Å². The van der Waals surface area contributed by atoms with E-state index in [0.717, 1.165) is 24.9 Å². The maximum absolute atomic E-state index is 13.8. The number of hydrogen-bond acceptors (Lipinski definition) is 2. The normalized spacial score (nSPS) is 20.9. The molecule has 1 heterocycles. The van der Waals surface area contributed by atoms with Gasteiger partial charge in [-0.15, -0.1) is 0 Å². The number of benzene rings is 1. The molecule has 1 saturated heterocycles. The van der Waals surface area contributed by atoms with Crippen LogP contribution in [-0.4, -0.2) is 11.7 Å². The van der Waals surface area contributed by atoms with Crippen LogP contribution >= 0.6 is 15.9 Å². The van der Waals surface area contributed by atoms with E-state index in [4.69, 9.17) is 0 Å². The van der Waals surface area contributed by atoms with Crippen LogP contribution in [0.2, 0.25) is 0 Å². The Hall–Kier alpha value is -0.610. The molecule has 2 nitrogen and oxygen atoms in total. The zero-order valence-electron chi connectivity index (χ0n) is 8.48. The summed E-state index contributed by atoms with van der Waals surface area (Å²) in [5.74, 6) is -0.787. The van der Waals surface area contributed by atoms with E-state index in [9.17, 15) is 9.50 Å². The van der Waals surface area contributed by atoms with Crippen molar-refractivity contribution in [3.8, 4) is 5.75 Å². The van der Waals surface area contributed by atoms with Crippen molar-refractivity contribution in [1.82, 2.24) is 5.32 Å². The van der Waals surface area contributed by atoms with Crippen molar-refractivity contribution in [2.24, 2.45) is 0 Å². The molecule has 0 saturated carbocycles. The Morgan fingerprint density at radius 2 is 2.33 bits per heavy atom. The van der Waals surface area contributed by atoms with Gasteiger partial charge >= 0.3 is 0 Å². The van der Waals surface area contributed by atoms with Crippen LogP contribution in [0.1, 0.15) is 30.0 Å². The smallest absolute Gasteiger partial charge is 0.170 e. The Morgan fingerprint density at radius 1 is 1.60 bits per heavy atom. The molecule has 0 bridgehead atoms. The molecule has 15 heavy (non-hydrogen) atoms. The van der Waals surface area contributed by atoms with E-state index in [1.807, 2.05) is 6.92 Å². The number of aryl methyl sites for hydroxylation is 1. The quantitative estimate of drug-likeness (QED) is 0.825. The van der Waals surface area contributed by atoms with Gasteiger partial charge in [-0.25, -0.2) is 4.39 Å². The third-order valence-electron chi connectivity index (χ3n) is 2.82. The van der Waals surface area contributed by atoms with E-state index in [1.165, 1.54) is 0 Å². The van der Waals surface area contributed by atoms with Crippen molar-refractivity contribution in [3.05, 3.63) is 27.5 Å². The molecule has 1 aliphatic rings. The number of aromatic hydroxyl groups is 1. The van der Waals surface area contributed by atoms with Gasteiger partial charge in [0.1, 0.15) is 0 Å². The Labute approximate surface area is 96.6 Å². The molecule has 0 spiro atoms. The molecule has 0 aromatic heterocycles. The zero-order chi connectivity index (χ0) is 11.0. The first kappa shape index (κ1) is 10.9. The predicted molar refractivity (Wildman–Crippen MR) is 60.5 cm³/mol. The van der Waals surface area contributed by atoms with Crippen LogP contribution in [0.3, 0.4) is 0 Å². The molecule has 1 atom stereocenters. The summed E-state index contributed by atoms with van der Waals surface area (Å²) in [6.07, 6.45) is 1.98. The predicted octanol–water partition coefficient (Wildman–Crippen LogP) is 3.03. The van der Waals surface area contributed by atoms with Crippen LogP contribution in [0.5, 0.6) is 5.75 Å². The van der Waals surface area contributed by atoms with Crippen LogP contribution in [0, 0.1) is 12.7 Å². The summed E-state index contributed by atoms with van der Waals surface area (Å²) < 4.78 is 14.2. The highest BCUT2D eigenvalue weighted by molar-refractivity contribution is 9.10. The van der Waals surface area contributed by atoms with Gasteiger partial charge in [-0.05, 0) is 47.8 Å². The lowest BCUT2D eigenvalue weighted by Gasteiger charge is -2.14. The van der Waals surface area contributed by atoms with E-state index in [1.54, 1.807) is 6.07 Å². The van der Waals surface area contributed by atoms with Gasteiger partial charge in [0.2, 0.25) is 0 Å². The van der Waals surface area contributed by atoms with Crippen molar-refractivity contribution in [2.75, 3.05) is 6.54 Å². The molecule has 82 valence electrons. The summed E-state index contributed by atoms with van der Waals surface area (Å²) in [6, 6.07) is 1.84. The minimum atomic E-state index is -0.508. The monoisotopic (exact) mass is 273 g/mol. The number of nitrogens with one attached hydrogen (secondary N) is 1. The average molecular weight is 274 g/mol. The number of phenols is 1. The zero-order valence-corrected chi connectivity index (χ0v) is 10.1. The summed E-state index contributed by atoms with van der Waals surface area (Å²) in [5.41, 5.74) is 1.43. The molecule has 4 heteroatoms. The van der Waals surface area contributed by atoms with E-state index in [2.05, 4.69) is 21.2 Å². The lowest BCUT2D eigenvalue weighted by atomic mass is 10.0. The Balaban J connectivity index is 2.47. The average Bonchev–Trinajstić information content (AvgIpc) is 2.73. The maximum Gasteiger partial charge on any atom is 0.170 e. The third kappa shape index (κ3) is 1.88. The van der Waals surface area contributed by atoms with Crippen molar-refractivity contribution in [1.29, 1.82) is 0 Å². The highest BCUT2D eigenvalue weighted by Crippen LogP contribution is 2.36. The first-order chi connectivity index (χ1) is 7.11. The molecule has 0 radical (unpaired) electrons. The van der Waals surface area contributed by atoms with E-state index in [0.29, 0.717) is 10.0 Å². The van der Waals surface area contributed by atoms with Crippen LogP contribution in [0.25, 0.3) is 0 Å². The molecule has 2 rings (SSSR count). The molecular weight excluding hydrogens is 261 g/mol. The molecular formula is C11H13BrFNO. The Bertz CT molecular complexity index is 389. The second kappa shape index (κ2) is 4.10. The third-order valence-corrected chi connectivity index (χ3v) is 3.82. The molecule has 1 fully saturated rings. The molecule has 0 aliphatic carbocycles. The first-order valence-electron chi connectivity index (χ1n) is 5.02. The summed E-state index contributed by atoms with van der Waals surface area (Å²) in [4.78, 5) is 0. The van der Waals surface area contributed by atoms with E-state index in [-0.39, 0.29) is 11.8 Å². The lowest BCUT2D eigenvalue weighted by molar-refractivity contribution is 0.419. The maximum atomic E-state index is 13.8. The molecule has 1 unspecified atom stereocenters. The topological polar surface area (TPSA) is 32.3 Å². The standard InChI is InChI=1S/C11H13BrFNO/c1-6-5-7(8-3-2-4-14-8)10(13)11(15)9(6)12/h5,8,14-15H,2-4H2,1H3. The second-order valence-corrected chi connectivity index (χ2v) is 4.70. The fourth-order valence-corrected chi connectivity index (χ4v) is 2.27. The van der Waals surface area contributed by atoms with Gasteiger partial charge in [-0.3, -0.25) is 0 Å². The van der Waals surface area contributed by atoms with Crippen LogP contribution in [0.4, 0.5) is 4.39 Å². The van der Waals surface area contributed by atoms with E-state index >= 15 is 0 Å². The van der Waals surface area contributed by atoms with Crippen LogP contribution < -0.4 is 5.32 Å². The van der Waals surface area contributed by atoms with Gasteiger partial charge in [0.15, 0.2) is 11.6 Å². The molecule has 2 N–H and O–H groups in total. The number of phenolic OH excluding ortho intramolecular Hbond substituents is 1. The molecule has 1 aliphatic heterocycles. The van der Waals surface area contributed by atoms with Gasteiger partial charge in [-0.1, -0.05) is 6.07 Å². The summed E-state index contributed by atoms with van der Waals surface area (Å²) in [7, 11) is 0. The van der Waals surface area contributed by atoms with Crippen molar-refractivity contribution in [2.45, 2.75) is 25.8 Å². The molecule has 1 aromatic rings. The van der Waals surface area contributed by atoms with Crippen molar-refractivity contribution in [3.63, 3.8) is 0 Å². The highest BCUT2D eigenvalue weighted by Gasteiger charge is 2.23. The Morgan fingerprint density at radius 3 is 2.93 bits per heavy atom. The fraction of sp³-hybridized carbons (Fsp3) is 0.455.